The Bertz CT molecular complexity index is 283. The van der Waals surface area contributed by atoms with Gasteiger partial charge in [-0.25, -0.2) is 0 Å². The van der Waals surface area contributed by atoms with Crippen molar-refractivity contribution in [2.75, 3.05) is 0 Å². The zero-order chi connectivity index (χ0) is 8.43. The molecule has 0 aromatic carbocycles. The van der Waals surface area contributed by atoms with Gasteiger partial charge in [-0.3, -0.25) is 0 Å². The maximum Gasteiger partial charge on any atom is 0.177 e. The summed E-state index contributed by atoms with van der Waals surface area (Å²) in [4.78, 5) is 3.09. The Balaban J connectivity index is 2.86. The molecule has 1 heterocycles. The number of hydrogen-bond acceptors (Lipinski definition) is 1. The van der Waals surface area contributed by atoms with Crippen molar-refractivity contribution in [3.63, 3.8) is 0 Å². The number of H-pyrrole nitrogens is 1. The molecule has 0 spiro atoms. The third-order valence-electron chi connectivity index (χ3n) is 1.48. The zero-order valence-corrected chi connectivity index (χ0v) is 8.03. The Kier molecular flexibility index (Phi) is 2.49. The first-order chi connectivity index (χ1) is 5.09. The molecule has 0 saturated heterocycles. The SMILES string of the molecule is Cc1cn(CC(C)C)c(=S)[nH]1. The molecule has 1 aromatic heterocycles. The van der Waals surface area contributed by atoms with E-state index in [1.165, 1.54) is 0 Å². The van der Waals surface area contributed by atoms with Gasteiger partial charge < -0.3 is 9.55 Å². The van der Waals surface area contributed by atoms with Crippen LogP contribution in [0.1, 0.15) is 19.5 Å². The van der Waals surface area contributed by atoms with E-state index in [-0.39, 0.29) is 0 Å². The van der Waals surface area contributed by atoms with Crippen molar-refractivity contribution in [1.29, 1.82) is 0 Å². The van der Waals surface area contributed by atoms with Gasteiger partial charge in [-0.15, -0.1) is 0 Å². The van der Waals surface area contributed by atoms with Crippen LogP contribution in [0.4, 0.5) is 0 Å². The molecule has 0 radical (unpaired) electrons. The van der Waals surface area contributed by atoms with Crippen LogP contribution in [0.25, 0.3) is 0 Å². The lowest BCUT2D eigenvalue weighted by molar-refractivity contribution is 0.518. The van der Waals surface area contributed by atoms with Gasteiger partial charge in [0.1, 0.15) is 0 Å². The Labute approximate surface area is 72.3 Å². The minimum atomic E-state index is 0.650. The minimum absolute atomic E-state index is 0.650. The molecule has 0 aliphatic rings. The first kappa shape index (κ1) is 8.53. The van der Waals surface area contributed by atoms with Gasteiger partial charge in [0.2, 0.25) is 0 Å². The second-order valence-corrected chi connectivity index (χ2v) is 3.68. The molecule has 1 aromatic rings. The van der Waals surface area contributed by atoms with Crippen LogP contribution in [-0.4, -0.2) is 9.55 Å². The number of nitrogens with zero attached hydrogens (tertiary/aromatic N) is 1. The van der Waals surface area contributed by atoms with Crippen molar-refractivity contribution in [2.24, 2.45) is 5.92 Å². The number of imidazole rings is 1. The Morgan fingerprint density at radius 1 is 1.64 bits per heavy atom. The molecule has 1 N–H and O–H groups in total. The lowest BCUT2D eigenvalue weighted by atomic mass is 10.2. The molecule has 62 valence electrons. The Morgan fingerprint density at radius 2 is 2.27 bits per heavy atom. The van der Waals surface area contributed by atoms with E-state index in [2.05, 4.69) is 29.6 Å². The van der Waals surface area contributed by atoms with Gasteiger partial charge in [0.05, 0.1) is 0 Å². The van der Waals surface area contributed by atoms with Gasteiger partial charge in [-0.1, -0.05) is 13.8 Å². The van der Waals surface area contributed by atoms with Crippen LogP contribution in [-0.2, 0) is 6.54 Å². The summed E-state index contributed by atoms with van der Waals surface area (Å²) in [7, 11) is 0. The largest absolute Gasteiger partial charge is 0.335 e. The van der Waals surface area contributed by atoms with E-state index in [4.69, 9.17) is 12.2 Å². The van der Waals surface area contributed by atoms with Crippen LogP contribution in [0.3, 0.4) is 0 Å². The fourth-order valence-electron chi connectivity index (χ4n) is 1.09. The van der Waals surface area contributed by atoms with E-state index in [1.807, 2.05) is 6.92 Å². The molecule has 1 rings (SSSR count). The number of aryl methyl sites for hydroxylation is 1. The number of hydrogen-bond donors (Lipinski definition) is 1. The van der Waals surface area contributed by atoms with Gasteiger partial charge in [0, 0.05) is 18.4 Å². The van der Waals surface area contributed by atoms with Crippen molar-refractivity contribution in [2.45, 2.75) is 27.3 Å². The number of aromatic amines is 1. The predicted molar refractivity (Wildman–Crippen MR) is 49.2 cm³/mol. The summed E-state index contributed by atoms with van der Waals surface area (Å²) in [5, 5.41) is 0. The monoisotopic (exact) mass is 170 g/mol. The Hall–Kier alpha value is -0.570. The molecule has 0 saturated carbocycles. The van der Waals surface area contributed by atoms with E-state index in [0.29, 0.717) is 5.92 Å². The lowest BCUT2D eigenvalue weighted by Gasteiger charge is -2.03. The Morgan fingerprint density at radius 3 is 2.64 bits per heavy atom. The van der Waals surface area contributed by atoms with E-state index >= 15 is 0 Å². The molecule has 0 amide bonds. The van der Waals surface area contributed by atoms with Crippen molar-refractivity contribution >= 4 is 12.2 Å². The van der Waals surface area contributed by atoms with Gasteiger partial charge in [-0.05, 0) is 25.1 Å². The molecule has 0 unspecified atom stereocenters. The normalized spacial score (nSPS) is 10.9. The van der Waals surface area contributed by atoms with Crippen molar-refractivity contribution in [3.8, 4) is 0 Å². The average molecular weight is 170 g/mol. The lowest BCUT2D eigenvalue weighted by Crippen LogP contribution is -2.02. The molecule has 0 atom stereocenters. The highest BCUT2D eigenvalue weighted by atomic mass is 32.1. The van der Waals surface area contributed by atoms with Crippen LogP contribution in [0.2, 0.25) is 0 Å². The molecule has 0 fully saturated rings. The van der Waals surface area contributed by atoms with Gasteiger partial charge in [0.15, 0.2) is 4.77 Å². The second-order valence-electron chi connectivity index (χ2n) is 3.29. The first-order valence-electron chi connectivity index (χ1n) is 3.85. The summed E-state index contributed by atoms with van der Waals surface area (Å²) in [5.74, 6) is 0.650. The smallest absolute Gasteiger partial charge is 0.177 e. The average Bonchev–Trinajstić information content (AvgIpc) is 2.09. The van der Waals surface area contributed by atoms with Gasteiger partial charge in [-0.2, -0.15) is 0 Å². The number of aromatic nitrogens is 2. The highest BCUT2D eigenvalue weighted by molar-refractivity contribution is 7.71. The molecule has 2 nitrogen and oxygen atoms in total. The summed E-state index contributed by atoms with van der Waals surface area (Å²) < 4.78 is 2.91. The fraction of sp³-hybridized carbons (Fsp3) is 0.625. The standard InChI is InChI=1S/C8H14N2S/c1-6(2)4-10-5-7(3)9-8(10)11/h5-6H,4H2,1-3H3,(H,9,11). The topological polar surface area (TPSA) is 20.7 Å². The van der Waals surface area contributed by atoms with Crippen molar-refractivity contribution < 1.29 is 0 Å². The third kappa shape index (κ3) is 2.19. The summed E-state index contributed by atoms with van der Waals surface area (Å²) >= 11 is 5.10. The highest BCUT2D eigenvalue weighted by Crippen LogP contribution is 2.02. The first-order valence-corrected chi connectivity index (χ1v) is 4.26. The van der Waals surface area contributed by atoms with E-state index in [9.17, 15) is 0 Å². The molecule has 11 heavy (non-hydrogen) atoms. The molecule has 0 aliphatic carbocycles. The highest BCUT2D eigenvalue weighted by Gasteiger charge is 1.98. The quantitative estimate of drug-likeness (QED) is 0.676. The second kappa shape index (κ2) is 3.22. The van der Waals surface area contributed by atoms with E-state index in [1.54, 1.807) is 0 Å². The molecule has 0 aliphatic heterocycles. The summed E-state index contributed by atoms with van der Waals surface area (Å²) in [5.41, 5.74) is 1.13. The number of rotatable bonds is 2. The molecular formula is C8H14N2S. The van der Waals surface area contributed by atoms with Crippen molar-refractivity contribution in [3.05, 3.63) is 16.7 Å². The predicted octanol–water partition coefficient (Wildman–Crippen LogP) is 2.51. The molecular weight excluding hydrogens is 156 g/mol. The molecule has 3 heteroatoms. The summed E-state index contributed by atoms with van der Waals surface area (Å²) in [6, 6.07) is 0. The van der Waals surface area contributed by atoms with E-state index < -0.39 is 0 Å². The maximum absolute atomic E-state index is 5.10. The summed E-state index contributed by atoms with van der Waals surface area (Å²) in [6.45, 7) is 7.39. The number of nitrogens with one attached hydrogen (secondary N) is 1. The summed E-state index contributed by atoms with van der Waals surface area (Å²) in [6.07, 6.45) is 2.06. The van der Waals surface area contributed by atoms with Crippen LogP contribution < -0.4 is 0 Å². The van der Waals surface area contributed by atoms with Gasteiger partial charge in [0.25, 0.3) is 0 Å². The molecule has 0 bridgehead atoms. The van der Waals surface area contributed by atoms with Crippen LogP contribution >= 0.6 is 12.2 Å². The van der Waals surface area contributed by atoms with E-state index in [0.717, 1.165) is 17.0 Å². The van der Waals surface area contributed by atoms with Crippen molar-refractivity contribution in [1.82, 2.24) is 9.55 Å². The maximum atomic E-state index is 5.10. The van der Waals surface area contributed by atoms with Gasteiger partial charge >= 0.3 is 0 Å². The van der Waals surface area contributed by atoms with Crippen LogP contribution in [0, 0.1) is 17.6 Å². The third-order valence-corrected chi connectivity index (χ3v) is 1.81. The van der Waals surface area contributed by atoms with Crippen LogP contribution in [0.5, 0.6) is 0 Å². The minimum Gasteiger partial charge on any atom is -0.335 e. The zero-order valence-electron chi connectivity index (χ0n) is 7.22. The fourth-order valence-corrected chi connectivity index (χ4v) is 1.38. The van der Waals surface area contributed by atoms with Crippen LogP contribution in [0.15, 0.2) is 6.20 Å².